The van der Waals surface area contributed by atoms with Crippen LogP contribution >= 0.6 is 0 Å². The van der Waals surface area contributed by atoms with Crippen LogP contribution in [0.3, 0.4) is 0 Å². The van der Waals surface area contributed by atoms with E-state index in [1.165, 1.54) is 0 Å². The highest BCUT2D eigenvalue weighted by molar-refractivity contribution is 5.98. The van der Waals surface area contributed by atoms with Gasteiger partial charge in [0.1, 0.15) is 0 Å². The van der Waals surface area contributed by atoms with Crippen LogP contribution in [0.1, 0.15) is 22.6 Å². The third kappa shape index (κ3) is 2.09. The van der Waals surface area contributed by atoms with E-state index in [1.807, 2.05) is 36.4 Å². The smallest absolute Gasteiger partial charge is 0.232 e. The molecule has 0 aromatic heterocycles. The molecule has 1 aliphatic rings. The summed E-state index contributed by atoms with van der Waals surface area (Å²) in [6, 6.07) is 17.2. The molecule has 19 heavy (non-hydrogen) atoms. The first kappa shape index (κ1) is 11.5. The van der Waals surface area contributed by atoms with E-state index >= 15 is 0 Å². The molecular formula is C16H12N2O. The van der Waals surface area contributed by atoms with Crippen LogP contribution in [-0.4, -0.2) is 5.91 Å². The number of rotatable bonds is 1. The number of para-hydroxylation sites is 1. The Hall–Kier alpha value is -2.60. The third-order valence-electron chi connectivity index (χ3n) is 3.43. The van der Waals surface area contributed by atoms with Gasteiger partial charge in [0.15, 0.2) is 0 Å². The molecule has 1 aliphatic heterocycles. The molecule has 0 saturated heterocycles. The summed E-state index contributed by atoms with van der Waals surface area (Å²) in [4.78, 5) is 12.2. The summed E-state index contributed by atoms with van der Waals surface area (Å²) >= 11 is 0. The topological polar surface area (TPSA) is 52.9 Å². The molecule has 0 spiro atoms. The first-order chi connectivity index (χ1) is 9.28. The second kappa shape index (κ2) is 4.58. The fourth-order valence-electron chi connectivity index (χ4n) is 2.45. The van der Waals surface area contributed by atoms with Crippen LogP contribution in [0.25, 0.3) is 0 Å². The van der Waals surface area contributed by atoms with E-state index in [-0.39, 0.29) is 11.8 Å². The van der Waals surface area contributed by atoms with Crippen LogP contribution in [-0.2, 0) is 11.2 Å². The fraction of sp³-hybridized carbons (Fsp3) is 0.125. The Kier molecular flexibility index (Phi) is 2.77. The Bertz CT molecular complexity index is 685. The van der Waals surface area contributed by atoms with Crippen molar-refractivity contribution in [2.75, 3.05) is 5.32 Å². The summed E-state index contributed by atoms with van der Waals surface area (Å²) in [6.07, 6.45) is 0.677. The molecule has 1 N–H and O–H groups in total. The molecule has 0 fully saturated rings. The average Bonchev–Trinajstić information content (AvgIpc) is 2.46. The minimum atomic E-state index is -0.219. The third-order valence-corrected chi connectivity index (χ3v) is 3.43. The van der Waals surface area contributed by atoms with Crippen molar-refractivity contribution >= 4 is 11.6 Å². The summed E-state index contributed by atoms with van der Waals surface area (Å²) < 4.78 is 0. The minimum absolute atomic E-state index is 0.00575. The quantitative estimate of drug-likeness (QED) is 0.843. The summed E-state index contributed by atoms with van der Waals surface area (Å²) in [5.41, 5.74) is 3.50. The largest absolute Gasteiger partial charge is 0.325 e. The lowest BCUT2D eigenvalue weighted by Gasteiger charge is -2.24. The Labute approximate surface area is 111 Å². The van der Waals surface area contributed by atoms with Gasteiger partial charge in [-0.3, -0.25) is 4.79 Å². The number of anilines is 1. The number of carbonyl (C=O) groups is 1. The highest BCUT2D eigenvalue weighted by Gasteiger charge is 2.27. The van der Waals surface area contributed by atoms with Gasteiger partial charge in [-0.25, -0.2) is 0 Å². The van der Waals surface area contributed by atoms with Gasteiger partial charge in [0.2, 0.25) is 5.91 Å². The van der Waals surface area contributed by atoms with Gasteiger partial charge < -0.3 is 5.32 Å². The van der Waals surface area contributed by atoms with Crippen LogP contribution in [0.15, 0.2) is 48.5 Å². The van der Waals surface area contributed by atoms with E-state index in [0.717, 1.165) is 16.8 Å². The fourth-order valence-corrected chi connectivity index (χ4v) is 2.45. The zero-order valence-corrected chi connectivity index (χ0v) is 10.3. The van der Waals surface area contributed by atoms with Gasteiger partial charge in [0, 0.05) is 5.69 Å². The number of carbonyl (C=O) groups excluding carboxylic acids is 1. The molecule has 2 aromatic rings. The number of hydrogen-bond donors (Lipinski definition) is 1. The van der Waals surface area contributed by atoms with Crippen molar-refractivity contribution in [2.45, 2.75) is 12.3 Å². The van der Waals surface area contributed by atoms with Crippen LogP contribution < -0.4 is 5.32 Å². The van der Waals surface area contributed by atoms with Crippen molar-refractivity contribution in [3.63, 3.8) is 0 Å². The zero-order valence-electron chi connectivity index (χ0n) is 10.3. The summed E-state index contributed by atoms with van der Waals surface area (Å²) in [5, 5.41) is 11.9. The van der Waals surface area contributed by atoms with Gasteiger partial charge in [0.25, 0.3) is 0 Å². The molecule has 0 bridgehead atoms. The molecule has 1 heterocycles. The molecule has 1 atom stereocenters. The van der Waals surface area contributed by atoms with E-state index in [0.29, 0.717) is 12.0 Å². The van der Waals surface area contributed by atoms with Crippen molar-refractivity contribution in [1.82, 2.24) is 0 Å². The van der Waals surface area contributed by atoms with Crippen LogP contribution in [0.2, 0.25) is 0 Å². The molecule has 0 radical (unpaired) electrons. The number of benzene rings is 2. The highest BCUT2D eigenvalue weighted by Crippen LogP contribution is 2.31. The monoisotopic (exact) mass is 248 g/mol. The molecular weight excluding hydrogens is 236 g/mol. The highest BCUT2D eigenvalue weighted by atomic mass is 16.1. The number of nitriles is 1. The molecule has 3 nitrogen and oxygen atoms in total. The SMILES string of the molecule is N#Cc1cccc(C2Cc3ccccc3NC2=O)c1. The van der Waals surface area contributed by atoms with Crippen molar-refractivity contribution in [1.29, 1.82) is 5.26 Å². The van der Waals surface area contributed by atoms with Gasteiger partial charge in [0.05, 0.1) is 17.6 Å². The first-order valence-electron chi connectivity index (χ1n) is 6.17. The summed E-state index contributed by atoms with van der Waals surface area (Å²) in [6.45, 7) is 0. The van der Waals surface area contributed by atoms with Crippen molar-refractivity contribution in [3.05, 3.63) is 65.2 Å². The van der Waals surface area contributed by atoms with Gasteiger partial charge in [-0.1, -0.05) is 30.3 Å². The lowest BCUT2D eigenvalue weighted by molar-refractivity contribution is -0.117. The maximum Gasteiger partial charge on any atom is 0.232 e. The number of nitrogens with one attached hydrogen (secondary N) is 1. The Morgan fingerprint density at radius 1 is 1.16 bits per heavy atom. The Balaban J connectivity index is 1.98. The normalized spacial score (nSPS) is 17.2. The van der Waals surface area contributed by atoms with Gasteiger partial charge in [-0.15, -0.1) is 0 Å². The molecule has 2 aromatic carbocycles. The summed E-state index contributed by atoms with van der Waals surface area (Å²) in [5.74, 6) is -0.225. The second-order valence-corrected chi connectivity index (χ2v) is 4.64. The van der Waals surface area contributed by atoms with Gasteiger partial charge in [-0.2, -0.15) is 5.26 Å². The number of amides is 1. The van der Waals surface area contributed by atoms with Gasteiger partial charge >= 0.3 is 0 Å². The standard InChI is InChI=1S/C16H12N2O/c17-10-11-4-3-6-12(8-11)14-9-13-5-1-2-7-15(13)18-16(14)19/h1-8,14H,9H2,(H,18,19). The zero-order chi connectivity index (χ0) is 13.2. The molecule has 0 saturated carbocycles. The number of nitrogens with zero attached hydrogens (tertiary/aromatic N) is 1. The molecule has 3 rings (SSSR count). The maximum atomic E-state index is 12.2. The van der Waals surface area contributed by atoms with E-state index < -0.39 is 0 Å². The van der Waals surface area contributed by atoms with Crippen molar-refractivity contribution in [2.24, 2.45) is 0 Å². The van der Waals surface area contributed by atoms with Crippen LogP contribution in [0, 0.1) is 11.3 Å². The molecule has 92 valence electrons. The van der Waals surface area contributed by atoms with Gasteiger partial charge in [-0.05, 0) is 35.7 Å². The average molecular weight is 248 g/mol. The van der Waals surface area contributed by atoms with E-state index in [2.05, 4.69) is 11.4 Å². The second-order valence-electron chi connectivity index (χ2n) is 4.64. The lowest BCUT2D eigenvalue weighted by Crippen LogP contribution is -2.28. The van der Waals surface area contributed by atoms with E-state index in [9.17, 15) is 4.79 Å². The molecule has 3 heteroatoms. The van der Waals surface area contributed by atoms with E-state index in [1.54, 1.807) is 12.1 Å². The number of hydrogen-bond acceptors (Lipinski definition) is 2. The maximum absolute atomic E-state index is 12.2. The molecule has 1 unspecified atom stereocenters. The molecule has 0 aliphatic carbocycles. The predicted octanol–water partition coefficient (Wildman–Crippen LogP) is 2.84. The Morgan fingerprint density at radius 3 is 2.84 bits per heavy atom. The number of fused-ring (bicyclic) bond motifs is 1. The van der Waals surface area contributed by atoms with Crippen LogP contribution in [0.4, 0.5) is 5.69 Å². The van der Waals surface area contributed by atoms with Crippen molar-refractivity contribution in [3.8, 4) is 6.07 Å². The molecule has 1 amide bonds. The summed E-state index contributed by atoms with van der Waals surface area (Å²) in [7, 11) is 0. The minimum Gasteiger partial charge on any atom is -0.325 e. The van der Waals surface area contributed by atoms with Crippen molar-refractivity contribution < 1.29 is 4.79 Å². The van der Waals surface area contributed by atoms with E-state index in [4.69, 9.17) is 5.26 Å². The Morgan fingerprint density at radius 2 is 2.00 bits per heavy atom. The lowest BCUT2D eigenvalue weighted by atomic mass is 9.87. The predicted molar refractivity (Wildman–Crippen MR) is 72.7 cm³/mol. The van der Waals surface area contributed by atoms with Crippen LogP contribution in [0.5, 0.6) is 0 Å². The first-order valence-corrected chi connectivity index (χ1v) is 6.17.